The summed E-state index contributed by atoms with van der Waals surface area (Å²) in [7, 11) is 0. The van der Waals surface area contributed by atoms with E-state index in [0.717, 1.165) is 12.1 Å². The van der Waals surface area contributed by atoms with E-state index in [0.29, 0.717) is 6.07 Å². The summed E-state index contributed by atoms with van der Waals surface area (Å²) >= 11 is 0. The van der Waals surface area contributed by atoms with Gasteiger partial charge in [0.1, 0.15) is 11.6 Å². The highest BCUT2D eigenvalue weighted by Gasteiger charge is 2.27. The fourth-order valence-electron chi connectivity index (χ4n) is 2.99. The number of carbonyl (C=O) groups is 2. The van der Waals surface area contributed by atoms with Crippen molar-refractivity contribution in [2.75, 3.05) is 32.8 Å². The lowest BCUT2D eigenvalue weighted by Crippen LogP contribution is -2.51. The predicted molar refractivity (Wildman–Crippen MR) is 97.4 cm³/mol. The largest absolute Gasteiger partial charge is 0.481 e. The molecular formula is C20H18F4N2O4. The third-order valence-corrected chi connectivity index (χ3v) is 4.50. The first kappa shape index (κ1) is 21.4. The van der Waals surface area contributed by atoms with Crippen molar-refractivity contribution in [3.05, 3.63) is 59.7 Å². The van der Waals surface area contributed by atoms with E-state index in [1.54, 1.807) is 0 Å². The fraction of sp³-hybridized carbons (Fsp3) is 0.300. The van der Waals surface area contributed by atoms with Crippen molar-refractivity contribution in [3.63, 3.8) is 0 Å². The second-order valence-corrected chi connectivity index (χ2v) is 6.41. The molecule has 1 aliphatic heterocycles. The highest BCUT2D eigenvalue weighted by Crippen LogP contribution is 2.23. The van der Waals surface area contributed by atoms with Crippen molar-refractivity contribution in [1.82, 2.24) is 9.80 Å². The average molecular weight is 426 g/mol. The van der Waals surface area contributed by atoms with Gasteiger partial charge in [-0.3, -0.25) is 9.59 Å². The molecule has 2 amide bonds. The van der Waals surface area contributed by atoms with Crippen LogP contribution in [0.1, 0.15) is 10.4 Å². The number of ether oxygens (including phenoxy) is 2. The summed E-state index contributed by atoms with van der Waals surface area (Å²) in [5, 5.41) is 0. The number of nitrogens with zero attached hydrogens (tertiary/aromatic N) is 2. The Morgan fingerprint density at radius 3 is 2.27 bits per heavy atom. The molecule has 1 fully saturated rings. The Kier molecular flexibility index (Phi) is 6.76. The third-order valence-electron chi connectivity index (χ3n) is 4.50. The summed E-state index contributed by atoms with van der Waals surface area (Å²) < 4.78 is 61.0. The van der Waals surface area contributed by atoms with Crippen LogP contribution in [0.15, 0.2) is 42.5 Å². The van der Waals surface area contributed by atoms with Gasteiger partial charge in [0.15, 0.2) is 18.2 Å². The van der Waals surface area contributed by atoms with Gasteiger partial charge in [-0.25, -0.2) is 8.78 Å². The van der Waals surface area contributed by atoms with Crippen molar-refractivity contribution in [2.45, 2.75) is 6.61 Å². The van der Waals surface area contributed by atoms with Crippen molar-refractivity contribution in [1.29, 1.82) is 0 Å². The molecule has 160 valence electrons. The van der Waals surface area contributed by atoms with Crippen LogP contribution in [0.5, 0.6) is 11.5 Å². The molecule has 0 aliphatic carbocycles. The molecule has 0 aromatic heterocycles. The first-order valence-electron chi connectivity index (χ1n) is 9.04. The van der Waals surface area contributed by atoms with E-state index < -0.39 is 36.7 Å². The van der Waals surface area contributed by atoms with E-state index in [2.05, 4.69) is 4.74 Å². The number of halogens is 4. The van der Waals surface area contributed by atoms with Crippen LogP contribution in [-0.2, 0) is 4.79 Å². The van der Waals surface area contributed by atoms with Crippen LogP contribution in [0.25, 0.3) is 0 Å². The predicted octanol–water partition coefficient (Wildman–Crippen LogP) is 2.93. The molecule has 0 atom stereocenters. The van der Waals surface area contributed by atoms with Crippen LogP contribution in [-0.4, -0.2) is 61.0 Å². The second-order valence-electron chi connectivity index (χ2n) is 6.41. The van der Waals surface area contributed by atoms with Crippen LogP contribution in [0.2, 0.25) is 0 Å². The molecule has 2 aromatic carbocycles. The third kappa shape index (κ3) is 5.19. The van der Waals surface area contributed by atoms with Crippen LogP contribution in [0, 0.1) is 11.6 Å². The molecule has 1 saturated heterocycles. The summed E-state index contributed by atoms with van der Waals surface area (Å²) in [6.45, 7) is -2.76. The standard InChI is InChI=1S/C20H18F4N2O4/c21-13-5-6-17(15(22)11-13)29-12-18(27)25-7-9-26(10-8-25)19(28)14-3-1-2-4-16(14)30-20(23)24/h1-6,11,20H,7-10,12H2. The second kappa shape index (κ2) is 9.47. The molecule has 2 aromatic rings. The lowest BCUT2D eigenvalue weighted by atomic mass is 10.1. The Morgan fingerprint density at radius 2 is 1.60 bits per heavy atom. The summed E-state index contributed by atoms with van der Waals surface area (Å²) in [5.41, 5.74) is 0.00712. The fourth-order valence-corrected chi connectivity index (χ4v) is 2.99. The monoisotopic (exact) mass is 426 g/mol. The number of alkyl halides is 2. The Labute approximate surface area is 169 Å². The number of hydrogen-bond acceptors (Lipinski definition) is 4. The summed E-state index contributed by atoms with van der Waals surface area (Å²) in [5.74, 6) is -3.04. The Bertz CT molecular complexity index is 917. The Hall–Kier alpha value is -3.30. The van der Waals surface area contributed by atoms with Gasteiger partial charge in [0.2, 0.25) is 0 Å². The van der Waals surface area contributed by atoms with Crippen molar-refractivity contribution in [3.8, 4) is 11.5 Å². The maximum Gasteiger partial charge on any atom is 0.387 e. The maximum atomic E-state index is 13.6. The number of benzene rings is 2. The molecule has 6 nitrogen and oxygen atoms in total. The van der Waals surface area contributed by atoms with Crippen molar-refractivity contribution in [2.24, 2.45) is 0 Å². The van der Waals surface area contributed by atoms with E-state index in [1.165, 1.54) is 34.1 Å². The number of rotatable bonds is 6. The zero-order valence-electron chi connectivity index (χ0n) is 15.7. The first-order valence-corrected chi connectivity index (χ1v) is 9.04. The molecule has 3 rings (SSSR count). The maximum absolute atomic E-state index is 13.6. The number of para-hydroxylation sites is 1. The average Bonchev–Trinajstić information content (AvgIpc) is 2.72. The summed E-state index contributed by atoms with van der Waals surface area (Å²) in [6, 6.07) is 8.45. The quantitative estimate of drug-likeness (QED) is 0.667. The van der Waals surface area contributed by atoms with Crippen molar-refractivity contribution < 1.29 is 36.6 Å². The van der Waals surface area contributed by atoms with Gasteiger partial charge in [0.25, 0.3) is 11.8 Å². The lowest BCUT2D eigenvalue weighted by molar-refractivity contribution is -0.134. The number of hydrogen-bond donors (Lipinski definition) is 0. The van der Waals surface area contributed by atoms with Gasteiger partial charge >= 0.3 is 6.61 Å². The van der Waals surface area contributed by atoms with Gasteiger partial charge in [0, 0.05) is 32.2 Å². The molecule has 10 heteroatoms. The van der Waals surface area contributed by atoms with E-state index in [4.69, 9.17) is 4.74 Å². The van der Waals surface area contributed by atoms with E-state index in [-0.39, 0.29) is 43.2 Å². The van der Waals surface area contributed by atoms with Gasteiger partial charge in [-0.2, -0.15) is 8.78 Å². The molecule has 0 unspecified atom stereocenters. The number of piperazine rings is 1. The smallest absolute Gasteiger partial charge is 0.387 e. The first-order chi connectivity index (χ1) is 14.3. The molecule has 0 bridgehead atoms. The van der Waals surface area contributed by atoms with Gasteiger partial charge in [-0.05, 0) is 24.3 Å². The Morgan fingerprint density at radius 1 is 0.933 bits per heavy atom. The van der Waals surface area contributed by atoms with Crippen LogP contribution >= 0.6 is 0 Å². The topological polar surface area (TPSA) is 59.1 Å². The molecule has 0 radical (unpaired) electrons. The molecule has 30 heavy (non-hydrogen) atoms. The minimum absolute atomic E-state index is 0.00712. The summed E-state index contributed by atoms with van der Waals surface area (Å²) in [4.78, 5) is 27.8. The zero-order chi connectivity index (χ0) is 21.7. The summed E-state index contributed by atoms with van der Waals surface area (Å²) in [6.07, 6.45) is 0. The van der Waals surface area contributed by atoms with E-state index in [9.17, 15) is 27.2 Å². The minimum atomic E-state index is -3.06. The van der Waals surface area contributed by atoms with E-state index in [1.807, 2.05) is 0 Å². The van der Waals surface area contributed by atoms with Gasteiger partial charge in [-0.15, -0.1) is 0 Å². The number of carbonyl (C=O) groups excluding carboxylic acids is 2. The molecule has 0 N–H and O–H groups in total. The minimum Gasteiger partial charge on any atom is -0.481 e. The van der Waals surface area contributed by atoms with Crippen molar-refractivity contribution >= 4 is 11.8 Å². The molecule has 1 heterocycles. The van der Waals surface area contributed by atoms with E-state index >= 15 is 0 Å². The van der Waals surface area contributed by atoms with Gasteiger partial charge < -0.3 is 19.3 Å². The van der Waals surface area contributed by atoms with Crippen LogP contribution in [0.4, 0.5) is 17.6 Å². The van der Waals surface area contributed by atoms with Crippen LogP contribution in [0.3, 0.4) is 0 Å². The number of amides is 2. The highest BCUT2D eigenvalue weighted by atomic mass is 19.3. The molecule has 0 saturated carbocycles. The van der Waals surface area contributed by atoms with Crippen LogP contribution < -0.4 is 9.47 Å². The Balaban J connectivity index is 1.54. The molecule has 0 spiro atoms. The highest BCUT2D eigenvalue weighted by molar-refractivity contribution is 5.97. The SMILES string of the molecule is O=C(COc1ccc(F)cc1F)N1CCN(C(=O)c2ccccc2OC(F)F)CC1. The van der Waals surface area contributed by atoms with Gasteiger partial charge in [0.05, 0.1) is 5.56 Å². The van der Waals surface area contributed by atoms with Gasteiger partial charge in [-0.1, -0.05) is 12.1 Å². The lowest BCUT2D eigenvalue weighted by Gasteiger charge is -2.35. The molecule has 1 aliphatic rings. The molecular weight excluding hydrogens is 408 g/mol. The zero-order valence-corrected chi connectivity index (χ0v) is 15.7. The normalized spacial score (nSPS) is 14.0.